The second-order valence-electron chi connectivity index (χ2n) is 2.81. The van der Waals surface area contributed by atoms with E-state index in [1.807, 2.05) is 0 Å². The second kappa shape index (κ2) is 4.59. The molecule has 2 N–H and O–H groups in total. The Morgan fingerprint density at radius 3 is 2.47 bits per heavy atom. The molecule has 1 rings (SSSR count). The zero-order chi connectivity index (χ0) is 11.6. The average molecular weight is 249 g/mol. The van der Waals surface area contributed by atoms with Crippen LogP contribution in [0.5, 0.6) is 5.75 Å². The highest BCUT2D eigenvalue weighted by molar-refractivity contribution is 6.44. The predicted molar refractivity (Wildman–Crippen MR) is 61.0 cm³/mol. The van der Waals surface area contributed by atoms with E-state index in [1.165, 1.54) is 19.1 Å². The van der Waals surface area contributed by atoms with Gasteiger partial charge in [0.1, 0.15) is 10.8 Å². The van der Waals surface area contributed by atoms with E-state index < -0.39 is 6.03 Å². The molecular formula is C9H10Cl2N2O2. The van der Waals surface area contributed by atoms with Gasteiger partial charge in [0, 0.05) is 7.05 Å². The number of halogens is 2. The molecule has 0 aliphatic heterocycles. The SMILES string of the molecule is COc1ccc(N(C)C(N)=O)c(Cl)c1Cl. The molecule has 0 saturated heterocycles. The van der Waals surface area contributed by atoms with E-state index in [9.17, 15) is 4.79 Å². The van der Waals surface area contributed by atoms with Crippen LogP contribution in [-0.4, -0.2) is 20.2 Å². The number of urea groups is 1. The van der Waals surface area contributed by atoms with Crippen LogP contribution >= 0.6 is 23.2 Å². The Balaban J connectivity index is 3.23. The highest BCUT2D eigenvalue weighted by Crippen LogP contribution is 2.38. The molecule has 4 nitrogen and oxygen atoms in total. The van der Waals surface area contributed by atoms with Crippen LogP contribution < -0.4 is 15.4 Å². The molecule has 0 unspecified atom stereocenters. The molecule has 0 heterocycles. The fourth-order valence-electron chi connectivity index (χ4n) is 1.06. The summed E-state index contributed by atoms with van der Waals surface area (Å²) in [5.41, 5.74) is 5.55. The molecule has 0 saturated carbocycles. The van der Waals surface area contributed by atoms with Crippen molar-refractivity contribution in [1.29, 1.82) is 0 Å². The number of rotatable bonds is 2. The van der Waals surface area contributed by atoms with Crippen LogP contribution in [0.2, 0.25) is 10.0 Å². The van der Waals surface area contributed by atoms with Gasteiger partial charge in [0.2, 0.25) is 0 Å². The van der Waals surface area contributed by atoms with E-state index in [-0.39, 0.29) is 10.0 Å². The van der Waals surface area contributed by atoms with Crippen molar-refractivity contribution >= 4 is 34.9 Å². The predicted octanol–water partition coefficient (Wildman–Crippen LogP) is 2.52. The Kier molecular flexibility index (Phi) is 3.66. The molecule has 0 aromatic heterocycles. The van der Waals surface area contributed by atoms with E-state index in [0.29, 0.717) is 11.4 Å². The Morgan fingerprint density at radius 2 is 2.00 bits per heavy atom. The molecule has 0 radical (unpaired) electrons. The van der Waals surface area contributed by atoms with Crippen LogP contribution in [0.3, 0.4) is 0 Å². The maximum atomic E-state index is 10.9. The lowest BCUT2D eigenvalue weighted by molar-refractivity contribution is 0.255. The van der Waals surface area contributed by atoms with Gasteiger partial charge in [0.25, 0.3) is 0 Å². The van der Waals surface area contributed by atoms with Crippen molar-refractivity contribution in [2.24, 2.45) is 5.73 Å². The fraction of sp³-hybridized carbons (Fsp3) is 0.222. The summed E-state index contributed by atoms with van der Waals surface area (Å²) >= 11 is 11.9. The number of hydrogen-bond acceptors (Lipinski definition) is 2. The number of hydrogen-bond donors (Lipinski definition) is 1. The van der Waals surface area contributed by atoms with Crippen LogP contribution in [0.15, 0.2) is 12.1 Å². The summed E-state index contributed by atoms with van der Waals surface area (Å²) in [6, 6.07) is 2.61. The van der Waals surface area contributed by atoms with Crippen LogP contribution in [0, 0.1) is 0 Å². The Hall–Kier alpha value is -1.13. The van der Waals surface area contributed by atoms with E-state index in [4.69, 9.17) is 33.7 Å². The van der Waals surface area contributed by atoms with Crippen molar-refractivity contribution in [1.82, 2.24) is 0 Å². The third kappa shape index (κ3) is 2.27. The minimum absolute atomic E-state index is 0.234. The Bertz CT molecular complexity index is 396. The molecule has 2 amide bonds. The van der Waals surface area contributed by atoms with Gasteiger partial charge in [-0.2, -0.15) is 0 Å². The first kappa shape index (κ1) is 11.9. The molecule has 0 atom stereocenters. The smallest absolute Gasteiger partial charge is 0.319 e. The number of anilines is 1. The number of carbonyl (C=O) groups is 1. The van der Waals surface area contributed by atoms with Gasteiger partial charge in [-0.05, 0) is 12.1 Å². The lowest BCUT2D eigenvalue weighted by atomic mass is 10.3. The van der Waals surface area contributed by atoms with Crippen molar-refractivity contribution in [3.8, 4) is 5.75 Å². The topological polar surface area (TPSA) is 55.6 Å². The lowest BCUT2D eigenvalue weighted by Crippen LogP contribution is -2.31. The maximum Gasteiger partial charge on any atom is 0.319 e. The van der Waals surface area contributed by atoms with E-state index >= 15 is 0 Å². The summed E-state index contributed by atoms with van der Waals surface area (Å²) in [4.78, 5) is 12.1. The fourth-order valence-corrected chi connectivity index (χ4v) is 1.58. The summed E-state index contributed by atoms with van der Waals surface area (Å²) in [7, 11) is 2.99. The number of amides is 2. The Labute approximate surface area is 97.5 Å². The molecule has 0 spiro atoms. The van der Waals surface area contributed by atoms with Crippen molar-refractivity contribution in [3.05, 3.63) is 22.2 Å². The van der Waals surface area contributed by atoms with Gasteiger partial charge in [-0.3, -0.25) is 4.90 Å². The largest absolute Gasteiger partial charge is 0.495 e. The monoisotopic (exact) mass is 248 g/mol. The van der Waals surface area contributed by atoms with E-state index in [1.54, 1.807) is 12.1 Å². The summed E-state index contributed by atoms with van der Waals surface area (Å²) in [5.74, 6) is 0.447. The minimum atomic E-state index is -0.613. The van der Waals surface area contributed by atoms with Crippen molar-refractivity contribution < 1.29 is 9.53 Å². The molecule has 1 aromatic carbocycles. The number of carbonyl (C=O) groups excluding carboxylic acids is 1. The normalized spacial score (nSPS) is 9.87. The van der Waals surface area contributed by atoms with Gasteiger partial charge in [-0.25, -0.2) is 4.79 Å². The molecule has 1 aromatic rings. The number of nitrogens with two attached hydrogens (primary N) is 1. The van der Waals surface area contributed by atoms with E-state index in [0.717, 1.165) is 0 Å². The standard InChI is InChI=1S/C9H10Cl2N2O2/c1-13(9(12)14)5-3-4-6(15-2)8(11)7(5)10/h3-4H,1-2H3,(H2,12,14). The molecular weight excluding hydrogens is 239 g/mol. The molecule has 0 aliphatic rings. The lowest BCUT2D eigenvalue weighted by Gasteiger charge is -2.17. The van der Waals surface area contributed by atoms with Gasteiger partial charge in [-0.15, -0.1) is 0 Å². The van der Waals surface area contributed by atoms with Gasteiger partial charge in [0.05, 0.1) is 17.8 Å². The molecule has 6 heteroatoms. The summed E-state index contributed by atoms with van der Waals surface area (Å²) < 4.78 is 4.97. The number of benzene rings is 1. The van der Waals surface area contributed by atoms with Crippen molar-refractivity contribution in [3.63, 3.8) is 0 Å². The molecule has 15 heavy (non-hydrogen) atoms. The minimum Gasteiger partial charge on any atom is -0.495 e. The third-order valence-corrected chi connectivity index (χ3v) is 2.79. The van der Waals surface area contributed by atoms with Gasteiger partial charge in [-0.1, -0.05) is 23.2 Å². The third-order valence-electron chi connectivity index (χ3n) is 1.94. The van der Waals surface area contributed by atoms with Crippen LogP contribution in [-0.2, 0) is 0 Å². The first-order chi connectivity index (χ1) is 6.99. The average Bonchev–Trinajstić information content (AvgIpc) is 2.21. The molecule has 82 valence electrons. The van der Waals surface area contributed by atoms with Crippen LogP contribution in [0.1, 0.15) is 0 Å². The highest BCUT2D eigenvalue weighted by Gasteiger charge is 2.15. The van der Waals surface area contributed by atoms with Crippen molar-refractivity contribution in [2.45, 2.75) is 0 Å². The quantitative estimate of drug-likeness (QED) is 0.875. The molecule has 0 fully saturated rings. The molecule has 0 bridgehead atoms. The van der Waals surface area contributed by atoms with Crippen LogP contribution in [0.4, 0.5) is 10.5 Å². The number of ether oxygens (including phenoxy) is 1. The molecule has 0 aliphatic carbocycles. The number of nitrogens with zero attached hydrogens (tertiary/aromatic N) is 1. The van der Waals surface area contributed by atoms with Crippen molar-refractivity contribution in [2.75, 3.05) is 19.1 Å². The highest BCUT2D eigenvalue weighted by atomic mass is 35.5. The van der Waals surface area contributed by atoms with Gasteiger partial charge >= 0.3 is 6.03 Å². The summed E-state index contributed by atoms with van der Waals surface area (Å²) in [6.07, 6.45) is 0. The second-order valence-corrected chi connectivity index (χ2v) is 3.57. The van der Waals surface area contributed by atoms with Crippen LogP contribution in [0.25, 0.3) is 0 Å². The number of methoxy groups -OCH3 is 1. The van der Waals surface area contributed by atoms with Gasteiger partial charge in [0.15, 0.2) is 0 Å². The Morgan fingerprint density at radius 1 is 1.40 bits per heavy atom. The first-order valence-electron chi connectivity index (χ1n) is 4.04. The van der Waals surface area contributed by atoms with Gasteiger partial charge < -0.3 is 10.5 Å². The summed E-state index contributed by atoms with van der Waals surface area (Å²) in [5, 5.41) is 0.488. The number of primary amides is 1. The maximum absolute atomic E-state index is 10.9. The van der Waals surface area contributed by atoms with E-state index in [2.05, 4.69) is 0 Å². The zero-order valence-electron chi connectivity index (χ0n) is 8.25. The first-order valence-corrected chi connectivity index (χ1v) is 4.79. The summed E-state index contributed by atoms with van der Waals surface area (Å²) in [6.45, 7) is 0. The zero-order valence-corrected chi connectivity index (χ0v) is 9.76.